The maximum absolute atomic E-state index is 10.1. The third-order valence-electron chi connectivity index (χ3n) is 3.40. The molecule has 0 aliphatic carbocycles. The Kier molecular flexibility index (Phi) is 4.58. The van der Waals surface area contributed by atoms with Crippen LogP contribution in [0.3, 0.4) is 0 Å². The normalized spacial score (nSPS) is 31.1. The Morgan fingerprint density at radius 1 is 1.06 bits per heavy atom. The molecule has 0 bridgehead atoms. The van der Waals surface area contributed by atoms with Crippen LogP contribution in [0, 0.1) is 5.92 Å². The Morgan fingerprint density at radius 3 is 2.25 bits per heavy atom. The molecule has 2 fully saturated rings. The second-order valence-corrected chi connectivity index (χ2v) is 4.93. The van der Waals surface area contributed by atoms with Gasteiger partial charge in [-0.2, -0.15) is 0 Å². The number of ether oxygens (including phenoxy) is 2. The molecular weight excluding hydrogens is 208 g/mol. The number of aliphatic hydroxyl groups excluding tert-OH is 2. The van der Waals surface area contributed by atoms with Crippen molar-refractivity contribution in [1.82, 2.24) is 0 Å². The van der Waals surface area contributed by atoms with Crippen molar-refractivity contribution in [3.05, 3.63) is 0 Å². The number of aliphatic hydroxyl groups is 2. The molecule has 2 aliphatic rings. The van der Waals surface area contributed by atoms with Crippen LogP contribution in [0.2, 0.25) is 0 Å². The number of hydrogen-bond donors (Lipinski definition) is 2. The van der Waals surface area contributed by atoms with E-state index in [4.69, 9.17) is 14.6 Å². The number of unbranched alkanes of at least 4 members (excludes halogenated alkanes) is 1. The van der Waals surface area contributed by atoms with Crippen molar-refractivity contribution in [2.45, 2.75) is 50.4 Å². The fourth-order valence-electron chi connectivity index (χ4n) is 2.19. The number of epoxide rings is 2. The van der Waals surface area contributed by atoms with Crippen molar-refractivity contribution in [1.29, 1.82) is 0 Å². The second-order valence-electron chi connectivity index (χ2n) is 4.93. The van der Waals surface area contributed by atoms with Crippen LogP contribution >= 0.6 is 0 Å². The van der Waals surface area contributed by atoms with Gasteiger partial charge in [0.2, 0.25) is 0 Å². The van der Waals surface area contributed by atoms with Gasteiger partial charge < -0.3 is 19.7 Å². The Morgan fingerprint density at radius 2 is 1.69 bits per heavy atom. The highest BCUT2D eigenvalue weighted by Gasteiger charge is 2.33. The van der Waals surface area contributed by atoms with Crippen LogP contribution in [0.1, 0.15) is 32.1 Å². The minimum Gasteiger partial charge on any atom is -0.396 e. The van der Waals surface area contributed by atoms with Crippen LogP contribution in [0.4, 0.5) is 0 Å². The van der Waals surface area contributed by atoms with Gasteiger partial charge in [0.25, 0.3) is 0 Å². The molecule has 0 radical (unpaired) electrons. The summed E-state index contributed by atoms with van der Waals surface area (Å²) in [6.45, 7) is 1.90. The molecule has 2 rings (SSSR count). The molecule has 0 spiro atoms. The maximum Gasteiger partial charge on any atom is 0.0834 e. The van der Waals surface area contributed by atoms with Gasteiger partial charge in [-0.3, -0.25) is 0 Å². The monoisotopic (exact) mass is 230 g/mol. The van der Waals surface area contributed by atoms with Crippen LogP contribution < -0.4 is 0 Å². The molecule has 16 heavy (non-hydrogen) atoms. The van der Waals surface area contributed by atoms with Gasteiger partial charge in [-0.15, -0.1) is 0 Å². The lowest BCUT2D eigenvalue weighted by Crippen LogP contribution is -2.24. The van der Waals surface area contributed by atoms with Crippen molar-refractivity contribution >= 4 is 0 Å². The number of rotatable bonds is 9. The number of hydrogen-bond acceptors (Lipinski definition) is 4. The summed E-state index contributed by atoms with van der Waals surface area (Å²) in [5, 5.41) is 18.9. The average Bonchev–Trinajstić information content (AvgIpc) is 3.11. The van der Waals surface area contributed by atoms with E-state index in [0.29, 0.717) is 12.0 Å². The third kappa shape index (κ3) is 4.37. The zero-order valence-corrected chi connectivity index (χ0v) is 9.68. The van der Waals surface area contributed by atoms with E-state index in [1.807, 2.05) is 0 Å². The van der Waals surface area contributed by atoms with Gasteiger partial charge in [0, 0.05) is 13.0 Å². The van der Waals surface area contributed by atoms with Gasteiger partial charge in [0.15, 0.2) is 0 Å². The van der Waals surface area contributed by atoms with Gasteiger partial charge in [0.1, 0.15) is 0 Å². The quantitative estimate of drug-likeness (QED) is 0.452. The lowest BCUT2D eigenvalue weighted by molar-refractivity contribution is 0.0741. The zero-order chi connectivity index (χ0) is 11.4. The maximum atomic E-state index is 10.1. The molecule has 0 aromatic carbocycles. The average molecular weight is 230 g/mol. The molecule has 2 saturated heterocycles. The van der Waals surface area contributed by atoms with E-state index in [1.54, 1.807) is 0 Å². The molecule has 4 unspecified atom stereocenters. The van der Waals surface area contributed by atoms with Crippen molar-refractivity contribution in [3.63, 3.8) is 0 Å². The van der Waals surface area contributed by atoms with Crippen LogP contribution in [-0.2, 0) is 9.47 Å². The lowest BCUT2D eigenvalue weighted by atomic mass is 9.89. The molecule has 0 amide bonds. The Bertz CT molecular complexity index is 201. The highest BCUT2D eigenvalue weighted by Crippen LogP contribution is 2.29. The molecule has 2 heterocycles. The first-order chi connectivity index (χ1) is 7.79. The first-order valence-electron chi connectivity index (χ1n) is 6.31. The molecule has 4 atom stereocenters. The van der Waals surface area contributed by atoms with Gasteiger partial charge in [-0.1, -0.05) is 6.42 Å². The highest BCUT2D eigenvalue weighted by molar-refractivity contribution is 4.82. The van der Waals surface area contributed by atoms with E-state index in [2.05, 4.69) is 0 Å². The summed E-state index contributed by atoms with van der Waals surface area (Å²) in [6, 6.07) is 0. The highest BCUT2D eigenvalue weighted by atomic mass is 16.6. The van der Waals surface area contributed by atoms with E-state index in [-0.39, 0.29) is 18.8 Å². The lowest BCUT2D eigenvalue weighted by Gasteiger charge is -2.21. The molecule has 0 aromatic heterocycles. The van der Waals surface area contributed by atoms with Gasteiger partial charge >= 0.3 is 0 Å². The predicted octanol–water partition coefficient (Wildman–Crippen LogP) is 0.704. The van der Waals surface area contributed by atoms with Crippen LogP contribution in [0.5, 0.6) is 0 Å². The fourth-order valence-corrected chi connectivity index (χ4v) is 2.19. The van der Waals surface area contributed by atoms with Gasteiger partial charge in [-0.25, -0.2) is 0 Å². The van der Waals surface area contributed by atoms with Crippen molar-refractivity contribution in [3.8, 4) is 0 Å². The summed E-state index contributed by atoms with van der Waals surface area (Å²) < 4.78 is 10.4. The van der Waals surface area contributed by atoms with Gasteiger partial charge in [-0.05, 0) is 25.2 Å². The SMILES string of the molecule is OCCCCC(CC1CO1)C(O)CC1CO1. The van der Waals surface area contributed by atoms with E-state index in [0.717, 1.165) is 45.3 Å². The predicted molar refractivity (Wildman–Crippen MR) is 59.1 cm³/mol. The Hall–Kier alpha value is -0.160. The summed E-state index contributed by atoms with van der Waals surface area (Å²) in [5.74, 6) is 0.309. The zero-order valence-electron chi connectivity index (χ0n) is 9.68. The summed E-state index contributed by atoms with van der Waals surface area (Å²) in [4.78, 5) is 0. The van der Waals surface area contributed by atoms with Crippen LogP contribution in [0.25, 0.3) is 0 Å². The van der Waals surface area contributed by atoms with E-state index < -0.39 is 0 Å². The molecule has 2 aliphatic heterocycles. The molecule has 94 valence electrons. The Balaban J connectivity index is 1.69. The van der Waals surface area contributed by atoms with Crippen LogP contribution in [0.15, 0.2) is 0 Å². The Labute approximate surface area is 96.6 Å². The van der Waals surface area contributed by atoms with E-state index in [1.165, 1.54) is 0 Å². The third-order valence-corrected chi connectivity index (χ3v) is 3.40. The smallest absolute Gasteiger partial charge is 0.0834 e. The van der Waals surface area contributed by atoms with Crippen LogP contribution in [-0.4, -0.2) is 48.3 Å². The summed E-state index contributed by atoms with van der Waals surface area (Å²) in [6.07, 6.45) is 4.90. The summed E-state index contributed by atoms with van der Waals surface area (Å²) in [5.41, 5.74) is 0. The van der Waals surface area contributed by atoms with Crippen molar-refractivity contribution in [2.75, 3.05) is 19.8 Å². The summed E-state index contributed by atoms with van der Waals surface area (Å²) >= 11 is 0. The minimum absolute atomic E-state index is 0.245. The largest absolute Gasteiger partial charge is 0.396 e. The second kappa shape index (κ2) is 5.96. The topological polar surface area (TPSA) is 65.5 Å². The molecule has 0 aromatic rings. The summed E-state index contributed by atoms with van der Waals surface area (Å²) in [7, 11) is 0. The minimum atomic E-state index is -0.268. The first-order valence-corrected chi connectivity index (χ1v) is 6.31. The van der Waals surface area contributed by atoms with Crippen molar-refractivity contribution < 1.29 is 19.7 Å². The first kappa shape index (κ1) is 12.3. The van der Waals surface area contributed by atoms with E-state index >= 15 is 0 Å². The molecule has 4 nitrogen and oxygen atoms in total. The van der Waals surface area contributed by atoms with E-state index in [9.17, 15) is 5.11 Å². The molecule has 2 N–H and O–H groups in total. The molecule has 4 heteroatoms. The molecule has 0 saturated carbocycles. The molecular formula is C12H22O4. The van der Waals surface area contributed by atoms with Crippen molar-refractivity contribution in [2.24, 2.45) is 5.92 Å². The standard InChI is InChI=1S/C12H22O4/c13-4-2-1-3-9(5-10-7-15-10)12(14)6-11-8-16-11/h9-14H,1-8H2. The fraction of sp³-hybridized carbons (Fsp3) is 1.00. The van der Waals surface area contributed by atoms with Gasteiger partial charge in [0.05, 0.1) is 31.5 Å².